The molecule has 9 nitrogen and oxygen atoms in total. The molecule has 0 aliphatic rings. The number of nitrogens with one attached hydrogen (secondary N) is 2. The lowest BCUT2D eigenvalue weighted by Gasteiger charge is -2.06. The molecule has 0 amide bonds. The van der Waals surface area contributed by atoms with Crippen molar-refractivity contribution >= 4 is 23.7 Å². The lowest BCUT2D eigenvalue weighted by molar-refractivity contribution is -0.192. The fourth-order valence-corrected chi connectivity index (χ4v) is 3.26. The Morgan fingerprint density at radius 2 is 2.03 bits per heavy atom. The molecule has 31 heavy (non-hydrogen) atoms. The fraction of sp³-hybridized carbons (Fsp3) is 0.389. The predicted molar refractivity (Wildman–Crippen MR) is 111 cm³/mol. The van der Waals surface area contributed by atoms with Crippen molar-refractivity contribution in [1.82, 2.24) is 29.7 Å². The number of nitrogens with zero attached hydrogens (tertiary/aromatic N) is 5. The Labute approximate surface area is 180 Å². The van der Waals surface area contributed by atoms with E-state index in [2.05, 4.69) is 30.4 Å². The van der Waals surface area contributed by atoms with Crippen molar-refractivity contribution in [3.8, 4) is 11.3 Å². The highest BCUT2D eigenvalue weighted by Gasteiger charge is 2.38. The maximum Gasteiger partial charge on any atom is 0.490 e. The molecule has 0 atom stereocenters. The van der Waals surface area contributed by atoms with E-state index in [1.807, 2.05) is 44.9 Å². The van der Waals surface area contributed by atoms with Crippen molar-refractivity contribution in [3.63, 3.8) is 0 Å². The van der Waals surface area contributed by atoms with Gasteiger partial charge in [-0.2, -0.15) is 30.0 Å². The van der Waals surface area contributed by atoms with Crippen LogP contribution in [0.15, 0.2) is 24.8 Å². The maximum atomic E-state index is 10.6. The molecule has 0 bridgehead atoms. The number of imidazole rings is 1. The quantitative estimate of drug-likeness (QED) is 0.463. The number of aromatic amines is 1. The second-order valence-electron chi connectivity index (χ2n) is 6.32. The summed E-state index contributed by atoms with van der Waals surface area (Å²) in [6.07, 6.45) is 0.407. The topological polar surface area (TPSA) is 122 Å². The van der Waals surface area contributed by atoms with Crippen molar-refractivity contribution in [1.29, 1.82) is 0 Å². The molecular formula is C18H22F3N7O2S. The summed E-state index contributed by atoms with van der Waals surface area (Å²) in [6.45, 7) is 4.84. The van der Waals surface area contributed by atoms with Gasteiger partial charge in [0.25, 0.3) is 0 Å². The van der Waals surface area contributed by atoms with E-state index in [1.165, 1.54) is 0 Å². The molecule has 0 saturated carbocycles. The van der Waals surface area contributed by atoms with Crippen LogP contribution in [0.25, 0.3) is 11.3 Å². The van der Waals surface area contributed by atoms with Gasteiger partial charge in [0.1, 0.15) is 0 Å². The van der Waals surface area contributed by atoms with Crippen molar-refractivity contribution in [3.05, 3.63) is 41.9 Å². The molecule has 3 rings (SSSR count). The van der Waals surface area contributed by atoms with Crippen LogP contribution in [-0.4, -0.2) is 59.3 Å². The molecule has 3 aromatic heterocycles. The number of thioether (sulfide) groups is 1. The Bertz CT molecular complexity index is 1000. The summed E-state index contributed by atoms with van der Waals surface area (Å²) in [6, 6.07) is 1.91. The smallest absolute Gasteiger partial charge is 0.475 e. The van der Waals surface area contributed by atoms with Gasteiger partial charge in [-0.15, -0.1) is 0 Å². The molecule has 3 aromatic rings. The number of carboxylic acid groups (broad SMARTS) is 1. The lowest BCUT2D eigenvalue weighted by Crippen LogP contribution is -2.21. The SMILES string of the molecule is Cc1nn(C)cc1-c1ccnc(NCCSCc2nc[nH]c2C)n1.O=C(O)C(F)(F)F. The largest absolute Gasteiger partial charge is 0.490 e. The monoisotopic (exact) mass is 457 g/mol. The van der Waals surface area contributed by atoms with E-state index < -0.39 is 12.1 Å². The lowest BCUT2D eigenvalue weighted by atomic mass is 10.2. The van der Waals surface area contributed by atoms with Crippen LogP contribution < -0.4 is 5.32 Å². The van der Waals surface area contributed by atoms with Crippen molar-refractivity contribution in [2.75, 3.05) is 17.6 Å². The Morgan fingerprint density at radius 1 is 1.32 bits per heavy atom. The molecule has 0 unspecified atom stereocenters. The zero-order valence-corrected chi connectivity index (χ0v) is 17.9. The predicted octanol–water partition coefficient (Wildman–Crippen LogP) is 3.20. The maximum absolute atomic E-state index is 10.6. The summed E-state index contributed by atoms with van der Waals surface area (Å²) in [4.78, 5) is 25.2. The van der Waals surface area contributed by atoms with E-state index in [1.54, 1.807) is 17.2 Å². The minimum atomic E-state index is -5.08. The van der Waals surface area contributed by atoms with Crippen LogP contribution in [0.1, 0.15) is 17.1 Å². The summed E-state index contributed by atoms with van der Waals surface area (Å²) >= 11 is 1.84. The third kappa shape index (κ3) is 7.59. The molecule has 13 heteroatoms. The number of carboxylic acids is 1. The van der Waals surface area contributed by atoms with Crippen LogP contribution in [0, 0.1) is 13.8 Å². The van der Waals surface area contributed by atoms with Gasteiger partial charge in [0.2, 0.25) is 5.95 Å². The number of H-pyrrole nitrogens is 1. The molecule has 0 aromatic carbocycles. The summed E-state index contributed by atoms with van der Waals surface area (Å²) in [5.74, 6) is -0.238. The van der Waals surface area contributed by atoms with E-state index in [4.69, 9.17) is 9.90 Å². The van der Waals surface area contributed by atoms with Gasteiger partial charge in [0.15, 0.2) is 0 Å². The van der Waals surface area contributed by atoms with E-state index in [-0.39, 0.29) is 0 Å². The summed E-state index contributed by atoms with van der Waals surface area (Å²) in [5.41, 5.74) is 5.14. The van der Waals surface area contributed by atoms with Crippen LogP contribution in [0.3, 0.4) is 0 Å². The van der Waals surface area contributed by atoms with Crippen molar-refractivity contribution in [2.45, 2.75) is 25.8 Å². The van der Waals surface area contributed by atoms with Gasteiger partial charge in [0, 0.05) is 48.7 Å². The standard InChI is InChI=1S/C16H21N7S.C2HF3O2/c1-11-13(8-23(3)22-11)14-4-5-17-16(21-14)18-6-7-24-9-15-12(2)19-10-20-15;3-2(4,5)1(6)7/h4-5,8,10H,6-7,9H2,1-3H3,(H,19,20)(H,17,18,21);(H,6,7). The number of rotatable bonds is 7. The van der Waals surface area contributed by atoms with E-state index in [0.717, 1.165) is 46.4 Å². The Balaban J connectivity index is 0.000000423. The first kappa shape index (κ1) is 24.2. The second kappa shape index (κ2) is 10.8. The van der Waals surface area contributed by atoms with Gasteiger partial charge in [-0.25, -0.2) is 19.7 Å². The van der Waals surface area contributed by atoms with Crippen LogP contribution in [0.5, 0.6) is 0 Å². The molecule has 168 valence electrons. The fourth-order valence-electron chi connectivity index (χ4n) is 2.38. The zero-order chi connectivity index (χ0) is 23.0. The van der Waals surface area contributed by atoms with Crippen LogP contribution >= 0.6 is 11.8 Å². The van der Waals surface area contributed by atoms with E-state index >= 15 is 0 Å². The number of hydrogen-bond donors (Lipinski definition) is 3. The number of aromatic nitrogens is 6. The number of carbonyl (C=O) groups is 1. The molecule has 0 aliphatic carbocycles. The van der Waals surface area contributed by atoms with Gasteiger partial charge in [-0.1, -0.05) is 0 Å². The van der Waals surface area contributed by atoms with Gasteiger partial charge in [0.05, 0.1) is 23.4 Å². The highest BCUT2D eigenvalue weighted by atomic mass is 32.2. The van der Waals surface area contributed by atoms with Crippen LogP contribution in [0.4, 0.5) is 19.1 Å². The third-order valence-corrected chi connectivity index (χ3v) is 4.86. The number of hydrogen-bond acceptors (Lipinski definition) is 7. The van der Waals surface area contributed by atoms with Gasteiger partial charge >= 0.3 is 12.1 Å². The highest BCUT2D eigenvalue weighted by molar-refractivity contribution is 7.98. The first-order valence-electron chi connectivity index (χ1n) is 9.02. The zero-order valence-electron chi connectivity index (χ0n) is 17.1. The number of anilines is 1. The highest BCUT2D eigenvalue weighted by Crippen LogP contribution is 2.20. The van der Waals surface area contributed by atoms with E-state index in [0.29, 0.717) is 5.95 Å². The Hall–Kier alpha value is -3.09. The normalized spacial score (nSPS) is 11.0. The molecule has 0 fully saturated rings. The van der Waals surface area contributed by atoms with Gasteiger partial charge in [-0.3, -0.25) is 4.68 Å². The average Bonchev–Trinajstić information content (AvgIpc) is 3.25. The summed E-state index contributed by atoms with van der Waals surface area (Å²) in [7, 11) is 1.91. The first-order valence-corrected chi connectivity index (χ1v) is 10.2. The minimum absolute atomic E-state index is 0.646. The molecule has 0 radical (unpaired) electrons. The van der Waals surface area contributed by atoms with E-state index in [9.17, 15) is 13.2 Å². The average molecular weight is 457 g/mol. The van der Waals surface area contributed by atoms with Crippen molar-refractivity contribution in [2.24, 2.45) is 7.05 Å². The number of aliphatic carboxylic acids is 1. The van der Waals surface area contributed by atoms with Crippen molar-refractivity contribution < 1.29 is 23.1 Å². The summed E-state index contributed by atoms with van der Waals surface area (Å²) in [5, 5.41) is 14.8. The summed E-state index contributed by atoms with van der Waals surface area (Å²) < 4.78 is 33.5. The Morgan fingerprint density at radius 3 is 2.58 bits per heavy atom. The number of aryl methyl sites for hydroxylation is 3. The first-order chi connectivity index (χ1) is 14.6. The molecule has 0 saturated heterocycles. The minimum Gasteiger partial charge on any atom is -0.475 e. The molecule has 0 aliphatic heterocycles. The van der Waals surface area contributed by atoms with Crippen LogP contribution in [-0.2, 0) is 17.6 Å². The number of halogens is 3. The second-order valence-corrected chi connectivity index (χ2v) is 7.43. The van der Waals surface area contributed by atoms with Gasteiger partial charge in [-0.05, 0) is 19.9 Å². The molecular weight excluding hydrogens is 435 g/mol. The molecule has 3 N–H and O–H groups in total. The van der Waals surface area contributed by atoms with Crippen LogP contribution in [0.2, 0.25) is 0 Å². The molecule has 3 heterocycles. The number of alkyl halides is 3. The Kier molecular flexibility index (Phi) is 8.42. The third-order valence-electron chi connectivity index (χ3n) is 3.89. The molecule has 0 spiro atoms. The van der Waals surface area contributed by atoms with Gasteiger partial charge < -0.3 is 15.4 Å².